The monoisotopic (exact) mass is 231 g/mol. The first kappa shape index (κ1) is 9.02. The number of halogens is 1. The van der Waals surface area contributed by atoms with Gasteiger partial charge in [-0.2, -0.15) is 0 Å². The zero-order valence-electron chi connectivity index (χ0n) is 5.91. The van der Waals surface area contributed by atoms with Crippen LogP contribution in [0.25, 0.3) is 0 Å². The van der Waals surface area contributed by atoms with Gasteiger partial charge in [-0.05, 0) is 18.2 Å². The SMILES string of the molecule is O=C(NO)c1cc(Br)ccc1O. The minimum absolute atomic E-state index is 0.0203. The molecule has 0 aromatic heterocycles. The molecule has 12 heavy (non-hydrogen) atoms. The molecule has 1 aromatic rings. The zero-order chi connectivity index (χ0) is 9.14. The highest BCUT2D eigenvalue weighted by Gasteiger charge is 2.09. The number of carbonyl (C=O) groups is 1. The number of hydrogen-bond acceptors (Lipinski definition) is 3. The summed E-state index contributed by atoms with van der Waals surface area (Å²) in [5.41, 5.74) is 1.45. The van der Waals surface area contributed by atoms with Crippen molar-refractivity contribution in [2.45, 2.75) is 0 Å². The zero-order valence-corrected chi connectivity index (χ0v) is 7.50. The lowest BCUT2D eigenvalue weighted by atomic mass is 10.2. The van der Waals surface area contributed by atoms with Crippen molar-refractivity contribution in [2.75, 3.05) is 0 Å². The van der Waals surface area contributed by atoms with Gasteiger partial charge < -0.3 is 5.11 Å². The first-order valence-corrected chi connectivity index (χ1v) is 3.87. The van der Waals surface area contributed by atoms with E-state index in [4.69, 9.17) is 10.3 Å². The van der Waals surface area contributed by atoms with E-state index in [0.717, 1.165) is 0 Å². The van der Waals surface area contributed by atoms with Crippen molar-refractivity contribution in [1.82, 2.24) is 5.48 Å². The number of amides is 1. The van der Waals surface area contributed by atoms with Crippen molar-refractivity contribution >= 4 is 21.8 Å². The van der Waals surface area contributed by atoms with Crippen LogP contribution in [0.15, 0.2) is 22.7 Å². The third-order valence-corrected chi connectivity index (χ3v) is 1.80. The third-order valence-electron chi connectivity index (χ3n) is 1.30. The molecule has 0 aliphatic heterocycles. The normalized spacial score (nSPS) is 9.50. The molecule has 1 amide bonds. The van der Waals surface area contributed by atoms with Crippen LogP contribution >= 0.6 is 15.9 Å². The summed E-state index contributed by atoms with van der Waals surface area (Å²) in [6, 6.07) is 4.35. The summed E-state index contributed by atoms with van der Waals surface area (Å²) in [6.45, 7) is 0. The molecule has 0 radical (unpaired) electrons. The van der Waals surface area contributed by atoms with Crippen LogP contribution in [-0.2, 0) is 0 Å². The first-order valence-electron chi connectivity index (χ1n) is 3.08. The molecule has 0 unspecified atom stereocenters. The quantitative estimate of drug-likeness (QED) is 0.504. The van der Waals surface area contributed by atoms with E-state index >= 15 is 0 Å². The van der Waals surface area contributed by atoms with Gasteiger partial charge >= 0.3 is 0 Å². The molecule has 0 atom stereocenters. The lowest BCUT2D eigenvalue weighted by molar-refractivity contribution is 0.0703. The topological polar surface area (TPSA) is 69.6 Å². The molecule has 0 bridgehead atoms. The van der Waals surface area contributed by atoms with Gasteiger partial charge in [-0.15, -0.1) is 0 Å². The standard InChI is InChI=1S/C7H6BrNO3/c8-4-1-2-6(10)5(3-4)7(11)9-12/h1-3,10,12H,(H,9,11). The van der Waals surface area contributed by atoms with E-state index in [9.17, 15) is 4.79 Å². The van der Waals surface area contributed by atoms with Gasteiger partial charge in [-0.25, -0.2) is 5.48 Å². The number of aromatic hydroxyl groups is 1. The third kappa shape index (κ3) is 1.75. The molecule has 0 saturated heterocycles. The van der Waals surface area contributed by atoms with Gasteiger partial charge in [0.2, 0.25) is 0 Å². The van der Waals surface area contributed by atoms with Gasteiger partial charge in [0.25, 0.3) is 5.91 Å². The number of phenols is 1. The Morgan fingerprint density at radius 2 is 2.17 bits per heavy atom. The predicted octanol–water partition coefficient (Wildman–Crippen LogP) is 1.27. The summed E-state index contributed by atoms with van der Waals surface area (Å²) in [5.74, 6) is -0.918. The summed E-state index contributed by atoms with van der Waals surface area (Å²) < 4.78 is 0.652. The highest BCUT2D eigenvalue weighted by atomic mass is 79.9. The summed E-state index contributed by atoms with van der Waals surface area (Å²) in [5, 5.41) is 17.4. The average molecular weight is 232 g/mol. The molecule has 0 heterocycles. The highest BCUT2D eigenvalue weighted by Crippen LogP contribution is 2.21. The molecule has 0 aliphatic rings. The number of carbonyl (C=O) groups excluding carboxylic acids is 1. The van der Waals surface area contributed by atoms with E-state index in [0.29, 0.717) is 4.47 Å². The number of hydrogen-bond donors (Lipinski definition) is 3. The summed E-state index contributed by atoms with van der Waals surface area (Å²) in [6.07, 6.45) is 0. The largest absolute Gasteiger partial charge is 0.507 e. The fraction of sp³-hybridized carbons (Fsp3) is 0. The second-order valence-corrected chi connectivity index (χ2v) is 3.02. The Balaban J connectivity index is 3.13. The number of rotatable bonds is 1. The average Bonchev–Trinajstić information content (AvgIpc) is 2.08. The van der Waals surface area contributed by atoms with Gasteiger partial charge in [0.1, 0.15) is 5.75 Å². The van der Waals surface area contributed by atoms with Crippen LogP contribution < -0.4 is 5.48 Å². The maximum Gasteiger partial charge on any atom is 0.278 e. The number of benzene rings is 1. The Labute approximate surface area is 76.9 Å². The van der Waals surface area contributed by atoms with Gasteiger partial charge in [0, 0.05) is 4.47 Å². The van der Waals surface area contributed by atoms with Crippen LogP contribution in [-0.4, -0.2) is 16.2 Å². The molecule has 0 spiro atoms. The Hall–Kier alpha value is -1.07. The van der Waals surface area contributed by atoms with Gasteiger partial charge in [0.15, 0.2) is 0 Å². The van der Waals surface area contributed by atoms with Crippen molar-refractivity contribution in [1.29, 1.82) is 0 Å². The molecule has 3 N–H and O–H groups in total. The van der Waals surface area contributed by atoms with Gasteiger partial charge in [-0.1, -0.05) is 15.9 Å². The Kier molecular flexibility index (Phi) is 2.67. The first-order chi connectivity index (χ1) is 5.65. The van der Waals surface area contributed by atoms with E-state index in [1.807, 2.05) is 0 Å². The second-order valence-electron chi connectivity index (χ2n) is 2.10. The molecular formula is C7H6BrNO3. The Morgan fingerprint density at radius 1 is 1.50 bits per heavy atom. The molecule has 0 saturated carbocycles. The van der Waals surface area contributed by atoms with Crippen molar-refractivity contribution in [3.8, 4) is 5.75 Å². The van der Waals surface area contributed by atoms with E-state index in [2.05, 4.69) is 15.9 Å². The van der Waals surface area contributed by atoms with Crippen LogP contribution in [0.2, 0.25) is 0 Å². The van der Waals surface area contributed by atoms with Crippen molar-refractivity contribution < 1.29 is 15.1 Å². The van der Waals surface area contributed by atoms with Crippen LogP contribution in [0.4, 0.5) is 0 Å². The maximum absolute atomic E-state index is 10.8. The second kappa shape index (κ2) is 3.55. The van der Waals surface area contributed by atoms with Gasteiger partial charge in [-0.3, -0.25) is 10.0 Å². The Morgan fingerprint density at radius 3 is 2.75 bits per heavy atom. The van der Waals surface area contributed by atoms with E-state index in [1.54, 1.807) is 6.07 Å². The van der Waals surface area contributed by atoms with Crippen LogP contribution in [0.5, 0.6) is 5.75 Å². The molecule has 1 aromatic carbocycles. The van der Waals surface area contributed by atoms with Crippen LogP contribution in [0.1, 0.15) is 10.4 Å². The maximum atomic E-state index is 10.8. The van der Waals surface area contributed by atoms with Crippen molar-refractivity contribution in [3.05, 3.63) is 28.2 Å². The van der Waals surface area contributed by atoms with Crippen molar-refractivity contribution in [2.24, 2.45) is 0 Å². The minimum atomic E-state index is -0.742. The number of nitrogens with one attached hydrogen (secondary N) is 1. The van der Waals surface area contributed by atoms with E-state index in [1.165, 1.54) is 17.6 Å². The fourth-order valence-electron chi connectivity index (χ4n) is 0.750. The summed E-state index contributed by atoms with van der Waals surface area (Å²) in [4.78, 5) is 10.8. The van der Waals surface area contributed by atoms with Gasteiger partial charge in [0.05, 0.1) is 5.56 Å². The minimum Gasteiger partial charge on any atom is -0.507 e. The Bertz CT molecular complexity index is 314. The summed E-state index contributed by atoms with van der Waals surface area (Å²) >= 11 is 3.12. The molecule has 0 fully saturated rings. The smallest absolute Gasteiger partial charge is 0.278 e. The molecule has 0 aliphatic carbocycles. The number of phenolic OH excluding ortho intramolecular Hbond substituents is 1. The summed E-state index contributed by atoms with van der Waals surface area (Å²) in [7, 11) is 0. The molecule has 1 rings (SSSR count). The lowest BCUT2D eigenvalue weighted by Crippen LogP contribution is -2.18. The molecule has 5 heteroatoms. The number of hydroxylamine groups is 1. The predicted molar refractivity (Wildman–Crippen MR) is 45.1 cm³/mol. The molecule has 4 nitrogen and oxygen atoms in total. The van der Waals surface area contributed by atoms with E-state index < -0.39 is 5.91 Å². The molecular weight excluding hydrogens is 226 g/mol. The molecule has 64 valence electrons. The van der Waals surface area contributed by atoms with Crippen LogP contribution in [0.3, 0.4) is 0 Å². The van der Waals surface area contributed by atoms with E-state index in [-0.39, 0.29) is 11.3 Å². The highest BCUT2D eigenvalue weighted by molar-refractivity contribution is 9.10. The van der Waals surface area contributed by atoms with Crippen molar-refractivity contribution in [3.63, 3.8) is 0 Å². The fourth-order valence-corrected chi connectivity index (χ4v) is 1.11. The van der Waals surface area contributed by atoms with Crippen LogP contribution in [0, 0.1) is 0 Å². The lowest BCUT2D eigenvalue weighted by Gasteiger charge is -2.01.